The van der Waals surface area contributed by atoms with Gasteiger partial charge in [0, 0.05) is 12.3 Å². The summed E-state index contributed by atoms with van der Waals surface area (Å²) in [4.78, 5) is 13.8. The summed E-state index contributed by atoms with van der Waals surface area (Å²) in [5.74, 6) is 1.23. The molecule has 0 saturated carbocycles. The molecule has 0 spiro atoms. The highest BCUT2D eigenvalue weighted by atomic mass is 35.5. The lowest BCUT2D eigenvalue weighted by molar-refractivity contribution is -0.115. The number of benzene rings is 1. The number of nitrogens with one attached hydrogen (secondary N) is 1. The normalized spacial score (nSPS) is 16.9. The first-order chi connectivity index (χ1) is 15.0. The fraction of sp³-hybridized carbons (Fsp3) is 0.381. The number of thioether (sulfide) groups is 1. The number of hydrogen-bond donors (Lipinski definition) is 1. The third-order valence-corrected chi connectivity index (χ3v) is 7.18. The number of hydrogen-bond acceptors (Lipinski definition) is 7. The number of halogens is 1. The second-order valence-corrected chi connectivity index (χ2v) is 9.79. The van der Waals surface area contributed by atoms with E-state index in [1.807, 2.05) is 24.4 Å². The third kappa shape index (κ3) is 5.23. The summed E-state index contributed by atoms with van der Waals surface area (Å²) >= 11 is 9.16. The van der Waals surface area contributed by atoms with E-state index in [1.165, 1.54) is 11.8 Å². The maximum atomic E-state index is 12.8. The van der Waals surface area contributed by atoms with E-state index in [2.05, 4.69) is 20.1 Å². The van der Waals surface area contributed by atoms with Crippen LogP contribution in [0.5, 0.6) is 5.75 Å². The van der Waals surface area contributed by atoms with Crippen molar-refractivity contribution in [3.8, 4) is 16.5 Å². The van der Waals surface area contributed by atoms with Gasteiger partial charge in [0.05, 0.1) is 34.9 Å². The van der Waals surface area contributed by atoms with E-state index in [0.717, 1.165) is 30.2 Å². The Hall–Kier alpha value is -2.07. The van der Waals surface area contributed by atoms with Crippen LogP contribution in [-0.4, -0.2) is 45.7 Å². The van der Waals surface area contributed by atoms with Gasteiger partial charge in [-0.1, -0.05) is 29.4 Å². The lowest BCUT2D eigenvalue weighted by atomic mass is 10.2. The van der Waals surface area contributed by atoms with Gasteiger partial charge in [0.25, 0.3) is 0 Å². The number of carbonyl (C=O) groups excluding carboxylic acids is 1. The Morgan fingerprint density at radius 3 is 3.00 bits per heavy atom. The van der Waals surface area contributed by atoms with Crippen molar-refractivity contribution < 1.29 is 14.3 Å². The largest absolute Gasteiger partial charge is 0.495 e. The molecule has 3 aromatic rings. The van der Waals surface area contributed by atoms with Crippen LogP contribution in [0.2, 0.25) is 5.02 Å². The second-order valence-electron chi connectivity index (χ2n) is 7.13. The number of thiophene rings is 1. The first-order valence-corrected chi connectivity index (χ1v) is 12.1. The maximum Gasteiger partial charge on any atom is 0.237 e. The van der Waals surface area contributed by atoms with E-state index >= 15 is 0 Å². The number of anilines is 1. The summed E-state index contributed by atoms with van der Waals surface area (Å²) in [5, 5.41) is 14.5. The SMILES string of the molecule is COc1ccc(NC(=O)C(C)Sc2nnc(-c3cccs3)n2CC2CCCO2)cc1Cl. The van der Waals surface area contributed by atoms with Crippen molar-refractivity contribution in [3.63, 3.8) is 0 Å². The summed E-state index contributed by atoms with van der Waals surface area (Å²) < 4.78 is 13.1. The topological polar surface area (TPSA) is 78.3 Å². The van der Waals surface area contributed by atoms with Gasteiger partial charge in [0.2, 0.25) is 5.91 Å². The molecule has 10 heteroatoms. The summed E-state index contributed by atoms with van der Waals surface area (Å²) in [5.41, 5.74) is 0.614. The molecule has 7 nitrogen and oxygen atoms in total. The molecule has 3 heterocycles. The molecule has 4 rings (SSSR count). The number of nitrogens with zero attached hydrogens (tertiary/aromatic N) is 3. The average Bonchev–Trinajstić information content (AvgIpc) is 3.51. The molecule has 1 saturated heterocycles. The summed E-state index contributed by atoms with van der Waals surface area (Å²) in [7, 11) is 1.55. The van der Waals surface area contributed by atoms with E-state index in [9.17, 15) is 4.79 Å². The molecule has 0 aliphatic carbocycles. The summed E-state index contributed by atoms with van der Waals surface area (Å²) in [6.07, 6.45) is 2.22. The van der Waals surface area contributed by atoms with Gasteiger partial charge in [0.15, 0.2) is 11.0 Å². The van der Waals surface area contributed by atoms with Crippen LogP contribution in [0.4, 0.5) is 5.69 Å². The average molecular weight is 479 g/mol. The quantitative estimate of drug-likeness (QED) is 0.461. The van der Waals surface area contributed by atoms with E-state index in [1.54, 1.807) is 36.6 Å². The van der Waals surface area contributed by atoms with E-state index in [-0.39, 0.29) is 17.3 Å². The van der Waals surface area contributed by atoms with Gasteiger partial charge in [-0.25, -0.2) is 0 Å². The first kappa shape index (κ1) is 22.1. The fourth-order valence-corrected chi connectivity index (χ4v) is 5.15. The molecule has 31 heavy (non-hydrogen) atoms. The summed E-state index contributed by atoms with van der Waals surface area (Å²) in [6.45, 7) is 3.30. The highest BCUT2D eigenvalue weighted by molar-refractivity contribution is 8.00. The molecule has 0 radical (unpaired) electrons. The predicted octanol–water partition coefficient (Wildman–Crippen LogP) is 4.97. The minimum Gasteiger partial charge on any atom is -0.495 e. The molecule has 2 unspecified atom stereocenters. The number of rotatable bonds is 8. The van der Waals surface area contributed by atoms with Crippen LogP contribution in [0.15, 0.2) is 40.9 Å². The lowest BCUT2D eigenvalue weighted by Gasteiger charge is -2.16. The smallest absolute Gasteiger partial charge is 0.237 e. The maximum absolute atomic E-state index is 12.8. The van der Waals surface area contributed by atoms with Gasteiger partial charge in [-0.05, 0) is 49.4 Å². The van der Waals surface area contributed by atoms with Crippen molar-refractivity contribution in [1.82, 2.24) is 14.8 Å². The predicted molar refractivity (Wildman–Crippen MR) is 124 cm³/mol. The zero-order chi connectivity index (χ0) is 21.8. The van der Waals surface area contributed by atoms with Crippen molar-refractivity contribution in [3.05, 3.63) is 40.7 Å². The molecule has 1 aromatic carbocycles. The van der Waals surface area contributed by atoms with Crippen LogP contribution in [-0.2, 0) is 16.1 Å². The first-order valence-electron chi connectivity index (χ1n) is 9.95. The third-order valence-electron chi connectivity index (χ3n) is 4.94. The minimum absolute atomic E-state index is 0.139. The molecule has 1 aliphatic heterocycles. The number of carbonyl (C=O) groups is 1. The standard InChI is InChI=1S/C21H23ClN4O3S2/c1-13(20(27)23-14-7-8-17(28-2)16(22)11-14)31-21-25-24-19(18-6-4-10-30-18)26(21)12-15-5-3-9-29-15/h4,6-8,10-11,13,15H,3,5,9,12H2,1-2H3,(H,23,27). The molecule has 1 fully saturated rings. The van der Waals surface area contributed by atoms with E-state index < -0.39 is 0 Å². The number of aromatic nitrogens is 3. The molecule has 0 bridgehead atoms. The molecule has 164 valence electrons. The summed E-state index contributed by atoms with van der Waals surface area (Å²) in [6, 6.07) is 9.17. The Morgan fingerprint density at radius 2 is 2.32 bits per heavy atom. The minimum atomic E-state index is -0.385. The van der Waals surface area contributed by atoms with E-state index in [4.69, 9.17) is 21.1 Å². The van der Waals surface area contributed by atoms with Crippen molar-refractivity contribution in [2.24, 2.45) is 0 Å². The van der Waals surface area contributed by atoms with Gasteiger partial charge >= 0.3 is 0 Å². The van der Waals surface area contributed by atoms with Gasteiger partial charge in [-0.3, -0.25) is 9.36 Å². The highest BCUT2D eigenvalue weighted by Crippen LogP contribution is 2.32. The zero-order valence-corrected chi connectivity index (χ0v) is 19.6. The molecule has 1 amide bonds. The molecular formula is C21H23ClN4O3S2. The van der Waals surface area contributed by atoms with E-state index in [0.29, 0.717) is 28.2 Å². The Morgan fingerprint density at radius 1 is 1.45 bits per heavy atom. The van der Waals surface area contributed by atoms with Crippen molar-refractivity contribution in [2.45, 2.75) is 42.8 Å². The van der Waals surface area contributed by atoms with Gasteiger partial charge in [-0.2, -0.15) is 0 Å². The van der Waals surface area contributed by atoms with Crippen LogP contribution in [0.3, 0.4) is 0 Å². The number of amides is 1. The Labute approximate surface area is 194 Å². The molecule has 2 aromatic heterocycles. The highest BCUT2D eigenvalue weighted by Gasteiger charge is 2.25. The van der Waals surface area contributed by atoms with Crippen molar-refractivity contribution in [2.75, 3.05) is 19.0 Å². The number of ether oxygens (including phenoxy) is 2. The van der Waals surface area contributed by atoms with Crippen LogP contribution >= 0.6 is 34.7 Å². The Kier molecular flexibility index (Phi) is 7.16. The molecule has 2 atom stereocenters. The monoisotopic (exact) mass is 478 g/mol. The number of methoxy groups -OCH3 is 1. The molecular weight excluding hydrogens is 456 g/mol. The van der Waals surface area contributed by atoms with Crippen LogP contribution < -0.4 is 10.1 Å². The van der Waals surface area contributed by atoms with Crippen molar-refractivity contribution >= 4 is 46.3 Å². The van der Waals surface area contributed by atoms with Crippen LogP contribution in [0.25, 0.3) is 10.7 Å². The van der Waals surface area contributed by atoms with Gasteiger partial charge in [0.1, 0.15) is 5.75 Å². The van der Waals surface area contributed by atoms with Crippen molar-refractivity contribution in [1.29, 1.82) is 0 Å². The fourth-order valence-electron chi connectivity index (χ4n) is 3.32. The zero-order valence-electron chi connectivity index (χ0n) is 17.2. The Balaban J connectivity index is 1.49. The van der Waals surface area contributed by atoms with Crippen LogP contribution in [0, 0.1) is 0 Å². The van der Waals surface area contributed by atoms with Gasteiger partial charge < -0.3 is 14.8 Å². The van der Waals surface area contributed by atoms with Gasteiger partial charge in [-0.15, -0.1) is 21.5 Å². The van der Waals surface area contributed by atoms with Crippen LogP contribution in [0.1, 0.15) is 19.8 Å². The molecule has 1 aliphatic rings. The lowest BCUT2D eigenvalue weighted by Crippen LogP contribution is -2.23. The Bertz CT molecular complexity index is 1040. The second kappa shape index (κ2) is 10.0. The molecule has 1 N–H and O–H groups in total.